The SMILES string of the molecule is CCN(C)C(=O)C1CN(C(=O)c2ccco2)CC1c1cccc(OC)c1. The van der Waals surface area contributed by atoms with Crippen molar-refractivity contribution in [3.63, 3.8) is 0 Å². The van der Waals surface area contributed by atoms with Gasteiger partial charge in [-0.1, -0.05) is 12.1 Å². The molecule has 0 radical (unpaired) electrons. The third-order valence-corrected chi connectivity index (χ3v) is 5.03. The molecule has 6 nitrogen and oxygen atoms in total. The summed E-state index contributed by atoms with van der Waals surface area (Å²) < 4.78 is 10.6. The zero-order valence-electron chi connectivity index (χ0n) is 15.3. The Labute approximate surface area is 153 Å². The molecule has 2 aromatic rings. The van der Waals surface area contributed by atoms with Gasteiger partial charge in [0, 0.05) is 32.6 Å². The second kappa shape index (κ2) is 7.64. The Hall–Kier alpha value is -2.76. The van der Waals surface area contributed by atoms with E-state index in [4.69, 9.17) is 9.15 Å². The van der Waals surface area contributed by atoms with Crippen LogP contribution in [0.25, 0.3) is 0 Å². The van der Waals surface area contributed by atoms with Crippen LogP contribution in [-0.2, 0) is 4.79 Å². The first-order valence-corrected chi connectivity index (χ1v) is 8.76. The lowest BCUT2D eigenvalue weighted by molar-refractivity contribution is -0.133. The van der Waals surface area contributed by atoms with Gasteiger partial charge in [0.2, 0.25) is 5.91 Å². The molecule has 2 amide bonds. The minimum Gasteiger partial charge on any atom is -0.497 e. The van der Waals surface area contributed by atoms with E-state index in [1.807, 2.05) is 31.2 Å². The molecule has 0 aliphatic carbocycles. The van der Waals surface area contributed by atoms with Crippen LogP contribution in [0.4, 0.5) is 0 Å². The molecule has 6 heteroatoms. The molecule has 138 valence electrons. The van der Waals surface area contributed by atoms with Gasteiger partial charge < -0.3 is 19.0 Å². The molecule has 1 aliphatic rings. The van der Waals surface area contributed by atoms with Crippen LogP contribution < -0.4 is 4.74 Å². The highest BCUT2D eigenvalue weighted by atomic mass is 16.5. The maximum atomic E-state index is 12.9. The number of hydrogen-bond acceptors (Lipinski definition) is 4. The van der Waals surface area contributed by atoms with Crippen LogP contribution in [0, 0.1) is 5.92 Å². The number of carbonyl (C=O) groups is 2. The molecule has 0 N–H and O–H groups in total. The predicted octanol–water partition coefficient (Wildman–Crippen LogP) is 2.62. The molecule has 1 saturated heterocycles. The highest BCUT2D eigenvalue weighted by Gasteiger charge is 2.42. The zero-order chi connectivity index (χ0) is 18.7. The number of hydrogen-bond donors (Lipinski definition) is 0. The third kappa shape index (κ3) is 3.45. The minimum atomic E-state index is -0.286. The Balaban J connectivity index is 1.90. The molecule has 0 spiro atoms. The summed E-state index contributed by atoms with van der Waals surface area (Å²) in [5.41, 5.74) is 1.00. The van der Waals surface area contributed by atoms with Crippen LogP contribution in [0.1, 0.15) is 29.0 Å². The highest BCUT2D eigenvalue weighted by molar-refractivity contribution is 5.92. The second-order valence-electron chi connectivity index (χ2n) is 6.53. The summed E-state index contributed by atoms with van der Waals surface area (Å²) in [6.45, 7) is 3.43. The molecule has 0 bridgehead atoms. The number of likely N-dealkylation sites (tertiary alicyclic amines) is 1. The molecule has 2 unspecified atom stereocenters. The maximum absolute atomic E-state index is 12.9. The monoisotopic (exact) mass is 356 g/mol. The molecule has 1 aliphatic heterocycles. The van der Waals surface area contributed by atoms with Crippen LogP contribution >= 0.6 is 0 Å². The first kappa shape index (κ1) is 18.0. The van der Waals surface area contributed by atoms with E-state index in [2.05, 4.69) is 0 Å². The Morgan fingerprint density at radius 3 is 2.73 bits per heavy atom. The van der Waals surface area contributed by atoms with Gasteiger partial charge >= 0.3 is 0 Å². The highest BCUT2D eigenvalue weighted by Crippen LogP contribution is 2.36. The lowest BCUT2D eigenvalue weighted by Gasteiger charge is -2.23. The van der Waals surface area contributed by atoms with Gasteiger partial charge in [-0.05, 0) is 36.8 Å². The summed E-state index contributed by atoms with van der Waals surface area (Å²) >= 11 is 0. The predicted molar refractivity (Wildman–Crippen MR) is 97.1 cm³/mol. The quantitative estimate of drug-likeness (QED) is 0.826. The summed E-state index contributed by atoms with van der Waals surface area (Å²) in [5.74, 6) is 0.545. The number of nitrogens with zero attached hydrogens (tertiary/aromatic N) is 2. The summed E-state index contributed by atoms with van der Waals surface area (Å²) in [6, 6.07) is 11.1. The van der Waals surface area contributed by atoms with Gasteiger partial charge in [-0.2, -0.15) is 0 Å². The zero-order valence-corrected chi connectivity index (χ0v) is 15.3. The molecular weight excluding hydrogens is 332 g/mol. The number of carbonyl (C=O) groups excluding carboxylic acids is 2. The van der Waals surface area contributed by atoms with Crippen LogP contribution in [0.15, 0.2) is 47.1 Å². The Bertz CT molecular complexity index is 772. The van der Waals surface area contributed by atoms with E-state index in [1.165, 1.54) is 6.26 Å². The van der Waals surface area contributed by atoms with E-state index in [9.17, 15) is 9.59 Å². The molecule has 1 fully saturated rings. The minimum absolute atomic E-state index is 0.0510. The van der Waals surface area contributed by atoms with Crippen molar-refractivity contribution in [3.8, 4) is 5.75 Å². The molecule has 1 aromatic carbocycles. The van der Waals surface area contributed by atoms with E-state index in [-0.39, 0.29) is 23.7 Å². The van der Waals surface area contributed by atoms with Crippen molar-refractivity contribution < 1.29 is 18.7 Å². The molecule has 26 heavy (non-hydrogen) atoms. The van der Waals surface area contributed by atoms with Crippen molar-refractivity contribution in [2.75, 3.05) is 33.8 Å². The topological polar surface area (TPSA) is 63.0 Å². The van der Waals surface area contributed by atoms with E-state index >= 15 is 0 Å². The fourth-order valence-corrected chi connectivity index (χ4v) is 3.42. The number of rotatable bonds is 5. The second-order valence-corrected chi connectivity index (χ2v) is 6.53. The normalized spacial score (nSPS) is 19.4. The first-order chi connectivity index (χ1) is 12.5. The van der Waals surface area contributed by atoms with Crippen molar-refractivity contribution in [1.82, 2.24) is 9.80 Å². The molecule has 2 heterocycles. The Kier molecular flexibility index (Phi) is 5.30. The molecule has 2 atom stereocenters. The maximum Gasteiger partial charge on any atom is 0.289 e. The van der Waals surface area contributed by atoms with Crippen molar-refractivity contribution in [1.29, 1.82) is 0 Å². The third-order valence-electron chi connectivity index (χ3n) is 5.03. The standard InChI is InChI=1S/C20H24N2O4/c1-4-21(2)19(23)17-13-22(20(24)18-9-6-10-26-18)12-16(17)14-7-5-8-15(11-14)25-3/h5-11,16-17H,4,12-13H2,1-3H3. The molecule has 3 rings (SSSR count). The van der Waals surface area contributed by atoms with E-state index < -0.39 is 0 Å². The van der Waals surface area contributed by atoms with Gasteiger partial charge in [0.15, 0.2) is 5.76 Å². The molecule has 0 saturated carbocycles. The van der Waals surface area contributed by atoms with Gasteiger partial charge in [-0.3, -0.25) is 9.59 Å². The Morgan fingerprint density at radius 2 is 2.08 bits per heavy atom. The van der Waals surface area contributed by atoms with Crippen molar-refractivity contribution in [2.45, 2.75) is 12.8 Å². The summed E-state index contributed by atoms with van der Waals surface area (Å²) in [6.07, 6.45) is 1.48. The van der Waals surface area contributed by atoms with E-state index in [0.717, 1.165) is 11.3 Å². The van der Waals surface area contributed by atoms with Gasteiger partial charge in [-0.25, -0.2) is 0 Å². The van der Waals surface area contributed by atoms with Gasteiger partial charge in [0.1, 0.15) is 5.75 Å². The fourth-order valence-electron chi connectivity index (χ4n) is 3.42. The first-order valence-electron chi connectivity index (χ1n) is 8.76. The van der Waals surface area contributed by atoms with Crippen LogP contribution in [0.3, 0.4) is 0 Å². The van der Waals surface area contributed by atoms with Gasteiger partial charge in [0.25, 0.3) is 5.91 Å². The number of benzene rings is 1. The van der Waals surface area contributed by atoms with Crippen LogP contribution in [0.5, 0.6) is 5.75 Å². The van der Waals surface area contributed by atoms with E-state index in [1.54, 1.807) is 36.1 Å². The Morgan fingerprint density at radius 1 is 1.27 bits per heavy atom. The average molecular weight is 356 g/mol. The largest absolute Gasteiger partial charge is 0.497 e. The smallest absolute Gasteiger partial charge is 0.289 e. The molecular formula is C20H24N2O4. The van der Waals surface area contributed by atoms with Gasteiger partial charge in [0.05, 0.1) is 19.3 Å². The fraction of sp³-hybridized carbons (Fsp3) is 0.400. The molecule has 1 aromatic heterocycles. The van der Waals surface area contributed by atoms with E-state index in [0.29, 0.717) is 25.4 Å². The van der Waals surface area contributed by atoms with Gasteiger partial charge in [-0.15, -0.1) is 0 Å². The number of methoxy groups -OCH3 is 1. The lowest BCUT2D eigenvalue weighted by atomic mass is 9.88. The van der Waals surface area contributed by atoms with Crippen LogP contribution in [-0.4, -0.2) is 55.4 Å². The summed E-state index contributed by atoms with van der Waals surface area (Å²) in [7, 11) is 3.41. The summed E-state index contributed by atoms with van der Waals surface area (Å²) in [4.78, 5) is 29.0. The van der Waals surface area contributed by atoms with Crippen molar-refractivity contribution in [2.24, 2.45) is 5.92 Å². The van der Waals surface area contributed by atoms with Crippen molar-refractivity contribution in [3.05, 3.63) is 54.0 Å². The number of ether oxygens (including phenoxy) is 1. The van der Waals surface area contributed by atoms with Crippen LogP contribution in [0.2, 0.25) is 0 Å². The summed E-state index contributed by atoms with van der Waals surface area (Å²) in [5, 5.41) is 0. The average Bonchev–Trinajstić information content (AvgIpc) is 3.36. The lowest BCUT2D eigenvalue weighted by Crippen LogP contribution is -2.36. The van der Waals surface area contributed by atoms with Crippen molar-refractivity contribution >= 4 is 11.8 Å². The number of amides is 2. The number of furan rings is 1.